The molecule has 1 aliphatic rings. The van der Waals surface area contributed by atoms with Crippen molar-refractivity contribution in [2.24, 2.45) is 0 Å². The topological polar surface area (TPSA) is 13.1 Å². The van der Waals surface area contributed by atoms with Gasteiger partial charge in [-0.3, -0.25) is 0 Å². The van der Waals surface area contributed by atoms with E-state index in [1.165, 1.54) is 0 Å². The van der Waals surface area contributed by atoms with Crippen molar-refractivity contribution in [1.29, 1.82) is 0 Å². The molecule has 1 aromatic carbocycles. The highest BCUT2D eigenvalue weighted by molar-refractivity contribution is 6.36. The van der Waals surface area contributed by atoms with Crippen LogP contribution in [0.1, 0.15) is 42.1 Å². The van der Waals surface area contributed by atoms with Crippen molar-refractivity contribution < 1.29 is 13.2 Å². The van der Waals surface area contributed by atoms with E-state index >= 15 is 0 Å². The Kier molecular flexibility index (Phi) is 2.40. The summed E-state index contributed by atoms with van der Waals surface area (Å²) in [6, 6.07) is 3.45. The summed E-state index contributed by atoms with van der Waals surface area (Å²) in [6.07, 6.45) is -0.386. The van der Waals surface area contributed by atoms with Gasteiger partial charge in [0.05, 0.1) is 10.6 Å². The zero-order chi connectivity index (χ0) is 12.2. The third kappa shape index (κ3) is 1.73. The van der Waals surface area contributed by atoms with Gasteiger partial charge in [0.2, 0.25) is 0 Å². The lowest BCUT2D eigenvalue weighted by Gasteiger charge is -2.05. The molecule has 2 aromatic rings. The fraction of sp³-hybridized carbons (Fsp3) is 0.385. The molecule has 17 heavy (non-hydrogen) atoms. The van der Waals surface area contributed by atoms with E-state index in [2.05, 4.69) is 0 Å². The van der Waals surface area contributed by atoms with Crippen molar-refractivity contribution in [3.05, 3.63) is 34.0 Å². The fourth-order valence-corrected chi connectivity index (χ4v) is 2.33. The normalized spacial score (nSPS) is 16.1. The van der Waals surface area contributed by atoms with Crippen LogP contribution >= 0.6 is 11.6 Å². The Bertz CT molecular complexity index is 585. The van der Waals surface area contributed by atoms with Crippen molar-refractivity contribution in [3.8, 4) is 0 Å². The van der Waals surface area contributed by atoms with Gasteiger partial charge in [-0.1, -0.05) is 11.6 Å². The van der Waals surface area contributed by atoms with E-state index in [0.29, 0.717) is 22.1 Å². The van der Waals surface area contributed by atoms with Crippen molar-refractivity contribution in [3.63, 3.8) is 0 Å². The molecule has 0 amide bonds. The first-order chi connectivity index (χ1) is 8.08. The second-order valence-corrected chi connectivity index (χ2v) is 4.91. The van der Waals surface area contributed by atoms with Gasteiger partial charge in [-0.15, -0.1) is 0 Å². The molecule has 0 saturated heterocycles. The highest BCUT2D eigenvalue weighted by Crippen LogP contribution is 2.45. The Morgan fingerprint density at radius 1 is 1.35 bits per heavy atom. The molecule has 90 valence electrons. The summed E-state index contributed by atoms with van der Waals surface area (Å²) in [5.41, 5.74) is 1.14. The molecule has 0 bridgehead atoms. The van der Waals surface area contributed by atoms with Gasteiger partial charge in [0, 0.05) is 5.39 Å². The summed E-state index contributed by atoms with van der Waals surface area (Å²) in [4.78, 5) is 0. The SMILES string of the molecule is Cc1oc2c(C(F)F)cc(C3CC3)cc2c1Cl. The van der Waals surface area contributed by atoms with Gasteiger partial charge in [-0.2, -0.15) is 0 Å². The van der Waals surface area contributed by atoms with E-state index in [9.17, 15) is 8.78 Å². The highest BCUT2D eigenvalue weighted by atomic mass is 35.5. The molecule has 0 aliphatic heterocycles. The van der Waals surface area contributed by atoms with Crippen LogP contribution in [0.3, 0.4) is 0 Å². The van der Waals surface area contributed by atoms with Gasteiger partial charge in [-0.25, -0.2) is 8.78 Å². The average molecular weight is 257 g/mol. The van der Waals surface area contributed by atoms with E-state index in [0.717, 1.165) is 18.4 Å². The van der Waals surface area contributed by atoms with Crippen LogP contribution < -0.4 is 0 Å². The van der Waals surface area contributed by atoms with E-state index in [1.807, 2.05) is 6.07 Å². The Hall–Kier alpha value is -1.09. The molecule has 0 unspecified atom stereocenters. The monoisotopic (exact) mass is 256 g/mol. The van der Waals surface area contributed by atoms with Gasteiger partial charge < -0.3 is 4.42 Å². The molecule has 1 aromatic heterocycles. The minimum atomic E-state index is -2.53. The summed E-state index contributed by atoms with van der Waals surface area (Å²) in [5, 5.41) is 1.06. The number of alkyl halides is 2. The Morgan fingerprint density at radius 3 is 2.65 bits per heavy atom. The Morgan fingerprint density at radius 2 is 2.06 bits per heavy atom. The van der Waals surface area contributed by atoms with Gasteiger partial charge >= 0.3 is 0 Å². The molecular formula is C13H11ClF2O. The standard InChI is InChI=1S/C13H11ClF2O/c1-6-11(14)9-4-8(7-2-3-7)5-10(13(15)16)12(9)17-6/h4-5,7,13H,2-3H2,1H3. The number of halogens is 3. The molecule has 0 N–H and O–H groups in total. The molecule has 0 spiro atoms. The van der Waals surface area contributed by atoms with E-state index in [-0.39, 0.29) is 11.1 Å². The molecule has 0 atom stereocenters. The minimum absolute atomic E-state index is 0.0422. The van der Waals surface area contributed by atoms with Crippen molar-refractivity contribution in [2.75, 3.05) is 0 Å². The van der Waals surface area contributed by atoms with Gasteiger partial charge in [-0.05, 0) is 43.4 Å². The molecule has 1 heterocycles. The zero-order valence-corrected chi connectivity index (χ0v) is 10.0. The number of furan rings is 1. The molecule has 1 fully saturated rings. The zero-order valence-electron chi connectivity index (χ0n) is 9.27. The maximum Gasteiger partial charge on any atom is 0.267 e. The van der Waals surface area contributed by atoms with E-state index in [4.69, 9.17) is 16.0 Å². The van der Waals surface area contributed by atoms with Gasteiger partial charge in [0.15, 0.2) is 0 Å². The lowest BCUT2D eigenvalue weighted by molar-refractivity contribution is 0.151. The number of hydrogen-bond acceptors (Lipinski definition) is 1. The Labute approximate surface area is 102 Å². The summed E-state index contributed by atoms with van der Waals surface area (Å²) in [6.45, 7) is 1.69. The average Bonchev–Trinajstić information content (AvgIpc) is 3.08. The summed E-state index contributed by atoms with van der Waals surface area (Å²) < 4.78 is 31.3. The third-order valence-electron chi connectivity index (χ3n) is 3.22. The lowest BCUT2D eigenvalue weighted by atomic mass is 10.0. The number of rotatable bonds is 2. The summed E-state index contributed by atoms with van der Waals surface area (Å²) in [7, 11) is 0. The van der Waals surface area contributed by atoms with Gasteiger partial charge in [0.25, 0.3) is 6.43 Å². The number of fused-ring (bicyclic) bond motifs is 1. The largest absolute Gasteiger partial charge is 0.459 e. The Balaban J connectivity index is 2.31. The van der Waals surface area contributed by atoms with Gasteiger partial charge in [0.1, 0.15) is 11.3 Å². The maximum absolute atomic E-state index is 13.0. The van der Waals surface area contributed by atoms with Crippen molar-refractivity contribution in [2.45, 2.75) is 32.1 Å². The van der Waals surface area contributed by atoms with Crippen LogP contribution in [0.25, 0.3) is 11.0 Å². The predicted molar refractivity (Wildman–Crippen MR) is 62.9 cm³/mol. The predicted octanol–water partition coefficient (Wildman–Crippen LogP) is 5.21. The molecule has 4 heteroatoms. The molecule has 1 aliphatic carbocycles. The molecule has 0 radical (unpaired) electrons. The quantitative estimate of drug-likeness (QED) is 0.719. The van der Waals surface area contributed by atoms with Crippen LogP contribution in [-0.4, -0.2) is 0 Å². The van der Waals surface area contributed by atoms with Crippen LogP contribution in [0, 0.1) is 6.92 Å². The third-order valence-corrected chi connectivity index (χ3v) is 3.69. The first kappa shape index (κ1) is 11.0. The van der Waals surface area contributed by atoms with Crippen LogP contribution in [0.4, 0.5) is 8.78 Å². The van der Waals surface area contributed by atoms with Crippen LogP contribution in [0.2, 0.25) is 5.02 Å². The lowest BCUT2D eigenvalue weighted by Crippen LogP contribution is -1.89. The molecular weight excluding hydrogens is 246 g/mol. The van der Waals surface area contributed by atoms with Crippen LogP contribution in [0.5, 0.6) is 0 Å². The van der Waals surface area contributed by atoms with Crippen LogP contribution in [-0.2, 0) is 0 Å². The van der Waals surface area contributed by atoms with E-state index < -0.39 is 6.43 Å². The maximum atomic E-state index is 13.0. The molecule has 3 rings (SSSR count). The fourth-order valence-electron chi connectivity index (χ4n) is 2.15. The second-order valence-electron chi connectivity index (χ2n) is 4.53. The number of aryl methyl sites for hydroxylation is 1. The molecule has 1 nitrogen and oxygen atoms in total. The second kappa shape index (κ2) is 3.70. The smallest absolute Gasteiger partial charge is 0.267 e. The first-order valence-corrected chi connectivity index (χ1v) is 5.96. The minimum Gasteiger partial charge on any atom is -0.459 e. The summed E-state index contributed by atoms with van der Waals surface area (Å²) >= 11 is 6.08. The molecule has 1 saturated carbocycles. The number of benzene rings is 1. The van der Waals surface area contributed by atoms with Crippen molar-refractivity contribution >= 4 is 22.6 Å². The summed E-state index contributed by atoms with van der Waals surface area (Å²) in [5.74, 6) is 0.916. The number of hydrogen-bond donors (Lipinski definition) is 0. The van der Waals surface area contributed by atoms with Crippen LogP contribution in [0.15, 0.2) is 16.5 Å². The first-order valence-electron chi connectivity index (χ1n) is 5.58. The highest BCUT2D eigenvalue weighted by Gasteiger charge is 2.27. The van der Waals surface area contributed by atoms with E-state index in [1.54, 1.807) is 13.0 Å². The van der Waals surface area contributed by atoms with Crippen molar-refractivity contribution in [1.82, 2.24) is 0 Å².